The number of likely N-dealkylation sites (tertiary alicyclic amines) is 1. The standard InChI is InChI=1S/C12H17B4NO2/c1-10(2,3)19-9(18)17-4-7-8(5-17)12(15,16)6-11(7,13)14/h7-8H,4-6H2,1-3H3. The van der Waals surface area contributed by atoms with E-state index in [1.165, 1.54) is 0 Å². The van der Waals surface area contributed by atoms with Gasteiger partial charge in [-0.1, -0.05) is 16.8 Å². The second kappa shape index (κ2) is 4.26. The topological polar surface area (TPSA) is 29.5 Å². The average Bonchev–Trinajstić information content (AvgIpc) is 2.63. The molecule has 7 heteroatoms. The van der Waals surface area contributed by atoms with Crippen molar-refractivity contribution >= 4 is 37.5 Å². The second-order valence-electron chi connectivity index (χ2n) is 7.00. The van der Waals surface area contributed by atoms with E-state index in [0.29, 0.717) is 19.5 Å². The second-order valence-corrected chi connectivity index (χ2v) is 7.00. The van der Waals surface area contributed by atoms with Crippen molar-refractivity contribution in [2.75, 3.05) is 13.1 Å². The third-order valence-corrected chi connectivity index (χ3v) is 3.96. The Morgan fingerprint density at radius 2 is 1.53 bits per heavy atom. The van der Waals surface area contributed by atoms with Gasteiger partial charge in [-0.05, 0) is 32.6 Å². The van der Waals surface area contributed by atoms with E-state index in [-0.39, 0.29) is 17.9 Å². The van der Waals surface area contributed by atoms with Gasteiger partial charge in [0.1, 0.15) is 5.60 Å². The summed E-state index contributed by atoms with van der Waals surface area (Å²) in [6.45, 7) is 6.38. The van der Waals surface area contributed by atoms with Crippen LogP contribution in [0.15, 0.2) is 0 Å². The molecule has 2 unspecified atom stereocenters. The average molecular weight is 251 g/mol. The van der Waals surface area contributed by atoms with Gasteiger partial charge in [-0.15, -0.1) is 0 Å². The number of rotatable bonds is 0. The van der Waals surface area contributed by atoms with Gasteiger partial charge in [0.05, 0.1) is 31.4 Å². The molecule has 1 saturated carbocycles. The van der Waals surface area contributed by atoms with Crippen molar-refractivity contribution in [3.05, 3.63) is 0 Å². The maximum absolute atomic E-state index is 12.1. The van der Waals surface area contributed by atoms with Gasteiger partial charge in [0.15, 0.2) is 0 Å². The Labute approximate surface area is 120 Å². The molecule has 94 valence electrons. The van der Waals surface area contributed by atoms with Crippen LogP contribution in [0.5, 0.6) is 0 Å². The number of ether oxygens (including phenoxy) is 1. The van der Waals surface area contributed by atoms with Gasteiger partial charge in [0.2, 0.25) is 0 Å². The van der Waals surface area contributed by atoms with Crippen LogP contribution >= 0.6 is 0 Å². The maximum atomic E-state index is 12.1. The molecule has 0 aromatic rings. The lowest BCUT2D eigenvalue weighted by Crippen LogP contribution is -2.37. The lowest BCUT2D eigenvalue weighted by molar-refractivity contribution is 0.0279. The molecular weight excluding hydrogens is 233 g/mol. The Balaban J connectivity index is 2.10. The Morgan fingerprint density at radius 3 is 1.89 bits per heavy atom. The normalized spacial score (nSPS) is 32.1. The van der Waals surface area contributed by atoms with E-state index in [4.69, 9.17) is 36.1 Å². The highest BCUT2D eigenvalue weighted by atomic mass is 16.6. The molecule has 2 aliphatic rings. The number of carbonyl (C=O) groups excluding carboxylic acids is 1. The smallest absolute Gasteiger partial charge is 0.410 e. The first-order chi connectivity index (χ1) is 8.42. The van der Waals surface area contributed by atoms with Crippen molar-refractivity contribution in [3.63, 3.8) is 0 Å². The summed E-state index contributed by atoms with van der Waals surface area (Å²) in [5.74, 6) is -0.176. The summed E-state index contributed by atoms with van der Waals surface area (Å²) in [6, 6.07) is 0. The third kappa shape index (κ3) is 2.85. The van der Waals surface area contributed by atoms with Crippen LogP contribution in [-0.4, -0.2) is 61.1 Å². The Bertz CT molecular complexity index is 370. The summed E-state index contributed by atoms with van der Waals surface area (Å²) < 4.78 is 5.35. The van der Waals surface area contributed by atoms with Crippen LogP contribution in [0.3, 0.4) is 0 Å². The predicted octanol–water partition coefficient (Wildman–Crippen LogP) is 0.780. The van der Waals surface area contributed by atoms with Crippen molar-refractivity contribution in [2.45, 2.75) is 43.2 Å². The Morgan fingerprint density at radius 1 is 1.11 bits per heavy atom. The van der Waals surface area contributed by atoms with E-state index in [0.717, 1.165) is 0 Å². The summed E-state index contributed by atoms with van der Waals surface area (Å²) in [5, 5.41) is -1.85. The molecule has 0 aromatic carbocycles. The molecule has 1 saturated heterocycles. The summed E-state index contributed by atoms with van der Waals surface area (Å²) in [6.07, 6.45) is -0.00851. The molecule has 0 spiro atoms. The molecule has 1 amide bonds. The van der Waals surface area contributed by atoms with Crippen LogP contribution in [0.1, 0.15) is 27.2 Å². The first kappa shape index (κ1) is 14.9. The molecule has 1 aliphatic carbocycles. The van der Waals surface area contributed by atoms with E-state index < -0.39 is 16.0 Å². The van der Waals surface area contributed by atoms with Crippen molar-refractivity contribution in [2.24, 2.45) is 11.8 Å². The van der Waals surface area contributed by atoms with Crippen LogP contribution in [-0.2, 0) is 4.74 Å². The number of nitrogens with zero attached hydrogens (tertiary/aromatic N) is 1. The van der Waals surface area contributed by atoms with E-state index in [1.807, 2.05) is 20.8 Å². The highest BCUT2D eigenvalue weighted by Crippen LogP contribution is 2.61. The van der Waals surface area contributed by atoms with Gasteiger partial charge < -0.3 is 9.64 Å². The molecule has 0 N–H and O–H groups in total. The minimum absolute atomic E-state index is 0.0879. The lowest BCUT2D eigenvalue weighted by Gasteiger charge is -2.31. The number of carbonyl (C=O) groups is 1. The minimum Gasteiger partial charge on any atom is -0.444 e. The highest BCUT2D eigenvalue weighted by molar-refractivity contribution is 6.45. The van der Waals surface area contributed by atoms with E-state index >= 15 is 0 Å². The van der Waals surface area contributed by atoms with Crippen molar-refractivity contribution in [1.29, 1.82) is 0 Å². The zero-order valence-electron chi connectivity index (χ0n) is 11.8. The largest absolute Gasteiger partial charge is 0.444 e. The van der Waals surface area contributed by atoms with Crippen LogP contribution in [0.4, 0.5) is 4.79 Å². The van der Waals surface area contributed by atoms with Crippen molar-refractivity contribution < 1.29 is 9.53 Å². The van der Waals surface area contributed by atoms with Gasteiger partial charge in [-0.25, -0.2) is 4.79 Å². The van der Waals surface area contributed by atoms with Crippen LogP contribution < -0.4 is 0 Å². The number of amides is 1. The zero-order chi connectivity index (χ0) is 14.6. The Kier molecular flexibility index (Phi) is 3.35. The van der Waals surface area contributed by atoms with Crippen molar-refractivity contribution in [3.8, 4) is 0 Å². The molecule has 2 fully saturated rings. The molecule has 2 rings (SSSR count). The Hall–Kier alpha value is -0.470. The molecule has 19 heavy (non-hydrogen) atoms. The van der Waals surface area contributed by atoms with E-state index in [2.05, 4.69) is 0 Å². The monoisotopic (exact) mass is 251 g/mol. The van der Waals surface area contributed by atoms with Crippen molar-refractivity contribution in [1.82, 2.24) is 4.90 Å². The van der Waals surface area contributed by atoms with Gasteiger partial charge in [0, 0.05) is 13.1 Å². The first-order valence-electron chi connectivity index (χ1n) is 6.56. The summed E-state index contributed by atoms with van der Waals surface area (Å²) in [5.41, 5.74) is -0.528. The predicted molar refractivity (Wildman–Crippen MR) is 77.8 cm³/mol. The van der Waals surface area contributed by atoms with Gasteiger partial charge in [0.25, 0.3) is 0 Å². The molecule has 2 atom stereocenters. The minimum atomic E-state index is -0.926. The number of hydrogen-bond acceptors (Lipinski definition) is 2. The quantitative estimate of drug-likeness (QED) is 0.595. The highest BCUT2D eigenvalue weighted by Gasteiger charge is 2.55. The van der Waals surface area contributed by atoms with Crippen LogP contribution in [0, 0.1) is 11.8 Å². The molecule has 3 nitrogen and oxygen atoms in total. The van der Waals surface area contributed by atoms with Gasteiger partial charge in [-0.2, -0.15) is 0 Å². The molecule has 1 aliphatic heterocycles. The molecule has 8 radical (unpaired) electrons. The number of fused-ring (bicyclic) bond motifs is 1. The van der Waals surface area contributed by atoms with E-state index in [1.54, 1.807) is 4.90 Å². The van der Waals surface area contributed by atoms with Crippen LogP contribution in [0.2, 0.25) is 10.4 Å². The summed E-state index contributed by atoms with van der Waals surface area (Å²) in [4.78, 5) is 13.7. The number of hydrogen-bond donors (Lipinski definition) is 0. The van der Waals surface area contributed by atoms with Gasteiger partial charge in [-0.3, -0.25) is 0 Å². The van der Waals surface area contributed by atoms with E-state index in [9.17, 15) is 4.79 Å². The maximum Gasteiger partial charge on any atom is 0.410 e. The fourth-order valence-corrected chi connectivity index (χ4v) is 3.16. The fraction of sp³-hybridized carbons (Fsp3) is 0.917. The molecular formula is C12H17B4NO2. The first-order valence-corrected chi connectivity index (χ1v) is 6.56. The van der Waals surface area contributed by atoms with Gasteiger partial charge >= 0.3 is 6.09 Å². The lowest BCUT2D eigenvalue weighted by atomic mass is 9.45. The SMILES string of the molecule is [B]C1([B])CC([B])([B])C2CN(C(=O)OC(C)(C)C)CC21. The van der Waals surface area contributed by atoms with Crippen LogP contribution in [0.25, 0.3) is 0 Å². The zero-order valence-corrected chi connectivity index (χ0v) is 11.8. The molecule has 1 heterocycles. The molecule has 0 bridgehead atoms. The summed E-state index contributed by atoms with van der Waals surface area (Å²) >= 11 is 0. The summed E-state index contributed by atoms with van der Waals surface area (Å²) in [7, 11) is 24.3. The molecule has 0 aromatic heterocycles. The third-order valence-electron chi connectivity index (χ3n) is 3.96. The fourth-order valence-electron chi connectivity index (χ4n) is 3.16.